The van der Waals surface area contributed by atoms with E-state index in [1.54, 1.807) is 61.7 Å². The fourth-order valence-corrected chi connectivity index (χ4v) is 11.8. The van der Waals surface area contributed by atoms with Gasteiger partial charge < -0.3 is 64.7 Å². The maximum atomic E-state index is 13.5. The van der Waals surface area contributed by atoms with Gasteiger partial charge in [-0.25, -0.2) is 43.9 Å². The largest absolute Gasteiger partial charge is 0.495 e. The molecule has 0 spiro atoms. The van der Waals surface area contributed by atoms with Gasteiger partial charge in [-0.05, 0) is 149 Å². The van der Waals surface area contributed by atoms with Crippen molar-refractivity contribution in [1.29, 1.82) is 0 Å². The SMILES string of the molecule is CCN(C)c1ccc(N=C2C=C(C(=O)Nc3ccc(C(=O)O)cc3)C(=O)c3ccccc32)c(OC)c1.CCN(CC)c1cc(OC)c(N=C2C=C(C(=O)Nc3cc(C(=O)O)cc(C(=O)O)c3)C(=O)c3ccccc32)c(OC)c1.[C-]#[N+]C1=C(C)C(=Nc2ccc(N(C)C)cc2C)C(=O)N(c2cc(C(=O)O)ccc2OC)C1=O. The molecule has 8 aromatic carbocycles. The molecule has 4 amide bonds. The Morgan fingerprint density at radius 1 is 0.477 bits per heavy atom. The number of hydrogen-bond donors (Lipinski definition) is 6. The van der Waals surface area contributed by atoms with Gasteiger partial charge >= 0.3 is 23.9 Å². The van der Waals surface area contributed by atoms with E-state index in [2.05, 4.69) is 37.2 Å². The second-order valence-corrected chi connectivity index (χ2v) is 24.8. The van der Waals surface area contributed by atoms with Gasteiger partial charge in [-0.3, -0.25) is 28.8 Å². The van der Waals surface area contributed by atoms with Crippen molar-refractivity contribution >= 4 is 127 Å². The third kappa shape index (κ3) is 17.8. The average molecular weight is 1500 g/mol. The number of carbonyl (C=O) groups excluding carboxylic acids is 6. The number of aryl methyl sites for hydroxylation is 1. The summed E-state index contributed by atoms with van der Waals surface area (Å²) in [7, 11) is 11.7. The molecule has 0 fully saturated rings. The molecule has 28 heteroatoms. The summed E-state index contributed by atoms with van der Waals surface area (Å²) >= 11 is 0. The highest BCUT2D eigenvalue weighted by Crippen LogP contribution is 2.43. The summed E-state index contributed by atoms with van der Waals surface area (Å²) in [5.74, 6) is -7.67. The number of fused-ring (bicyclic) bond motifs is 2. The quantitative estimate of drug-likeness (QED) is 0.0208. The molecule has 6 N–H and O–H groups in total. The Morgan fingerprint density at radius 3 is 1.43 bits per heavy atom. The minimum absolute atomic E-state index is 0.0731. The third-order valence-electron chi connectivity index (χ3n) is 17.9. The van der Waals surface area contributed by atoms with Gasteiger partial charge in [-0.2, -0.15) is 0 Å². The van der Waals surface area contributed by atoms with Crippen LogP contribution in [-0.4, -0.2) is 166 Å². The van der Waals surface area contributed by atoms with Gasteiger partial charge in [0.15, 0.2) is 11.6 Å². The van der Waals surface area contributed by atoms with Crippen molar-refractivity contribution in [3.05, 3.63) is 254 Å². The number of anilines is 6. The molecule has 1 aliphatic heterocycles. The highest BCUT2D eigenvalue weighted by molar-refractivity contribution is 6.57. The van der Waals surface area contributed by atoms with Crippen LogP contribution in [0, 0.1) is 13.5 Å². The number of carboxylic acids is 4. The van der Waals surface area contributed by atoms with Crippen molar-refractivity contribution in [2.24, 2.45) is 15.0 Å². The Balaban J connectivity index is 0.000000193. The van der Waals surface area contributed by atoms with Crippen LogP contribution in [0.25, 0.3) is 4.85 Å². The fraction of sp³-hybridized carbons (Fsp3) is 0.181. The van der Waals surface area contributed by atoms with Gasteiger partial charge in [0.2, 0.25) is 0 Å². The molecular weight excluding hydrogens is 1420 g/mol. The predicted octanol–water partition coefficient (Wildman–Crippen LogP) is 13.2. The fourth-order valence-electron chi connectivity index (χ4n) is 11.8. The Hall–Kier alpha value is -14.6. The summed E-state index contributed by atoms with van der Waals surface area (Å²) < 4.78 is 22.1. The number of aliphatic imine (C=N–C) groups is 3. The molecule has 11 rings (SSSR count). The number of ketones is 2. The molecule has 8 aromatic rings. The van der Waals surface area contributed by atoms with Gasteiger partial charge in [0.05, 0.1) is 91.2 Å². The first-order valence-corrected chi connectivity index (χ1v) is 34.2. The number of benzene rings is 8. The van der Waals surface area contributed by atoms with E-state index in [1.807, 2.05) is 89.3 Å². The lowest BCUT2D eigenvalue weighted by molar-refractivity contribution is -0.121. The Kier molecular flexibility index (Phi) is 25.5. The van der Waals surface area contributed by atoms with Crippen molar-refractivity contribution in [3.63, 3.8) is 0 Å². The average Bonchev–Trinajstić information content (AvgIpc) is 0.775. The Labute approximate surface area is 637 Å². The Morgan fingerprint density at radius 2 is 0.955 bits per heavy atom. The monoisotopic (exact) mass is 1500 g/mol. The zero-order valence-corrected chi connectivity index (χ0v) is 62.4. The number of nitrogens with zero attached hydrogens (tertiary/aromatic N) is 8. The van der Waals surface area contributed by atoms with E-state index in [9.17, 15) is 63.3 Å². The molecule has 2 aliphatic carbocycles. The lowest BCUT2D eigenvalue weighted by Gasteiger charge is -2.28. The van der Waals surface area contributed by atoms with E-state index in [1.165, 1.54) is 76.8 Å². The van der Waals surface area contributed by atoms with Gasteiger partial charge in [-0.15, -0.1) is 0 Å². The van der Waals surface area contributed by atoms with Crippen molar-refractivity contribution in [2.75, 3.05) is 99.4 Å². The molecule has 0 saturated heterocycles. The summed E-state index contributed by atoms with van der Waals surface area (Å²) in [5.41, 5.74) is 6.36. The lowest BCUT2D eigenvalue weighted by Crippen LogP contribution is -2.46. The van der Waals surface area contributed by atoms with E-state index < -0.39 is 59.1 Å². The predicted molar refractivity (Wildman–Crippen MR) is 421 cm³/mol. The second-order valence-electron chi connectivity index (χ2n) is 24.8. The first kappa shape index (κ1) is 80.5. The van der Waals surface area contributed by atoms with Gasteiger partial charge in [0.25, 0.3) is 29.3 Å². The summed E-state index contributed by atoms with van der Waals surface area (Å²) in [6.45, 7) is 19.3. The number of allylic oxidation sites excluding steroid dienone is 2. The number of ether oxygens (including phenoxy) is 4. The number of hydrogen-bond acceptors (Lipinski definition) is 20. The molecule has 3 aliphatic rings. The van der Waals surface area contributed by atoms with E-state index in [0.717, 1.165) is 71.4 Å². The number of rotatable bonds is 22. The van der Waals surface area contributed by atoms with Crippen LogP contribution < -0.4 is 49.2 Å². The minimum Gasteiger partial charge on any atom is -0.495 e. The number of carboxylic acid groups (broad SMARTS) is 4. The Bertz CT molecular complexity index is 5330. The first-order chi connectivity index (χ1) is 53.0. The number of methoxy groups -OCH3 is 4. The summed E-state index contributed by atoms with van der Waals surface area (Å²) in [4.78, 5) is 149. The van der Waals surface area contributed by atoms with E-state index in [-0.39, 0.29) is 78.8 Å². The van der Waals surface area contributed by atoms with Gasteiger partial charge in [0, 0.05) is 110 Å². The van der Waals surface area contributed by atoms with Gasteiger partial charge in [-0.1, -0.05) is 48.5 Å². The van der Waals surface area contributed by atoms with Crippen molar-refractivity contribution in [2.45, 2.75) is 34.6 Å². The highest BCUT2D eigenvalue weighted by atomic mass is 16.5. The molecule has 1 heterocycles. The number of aromatic carboxylic acids is 4. The van der Waals surface area contributed by atoms with Crippen LogP contribution in [0.5, 0.6) is 23.0 Å². The minimum atomic E-state index is -1.38. The molecule has 0 unspecified atom stereocenters. The molecule has 0 saturated carbocycles. The molecule has 0 atom stereocenters. The number of amides is 4. The zero-order chi connectivity index (χ0) is 80.8. The number of imide groups is 1. The van der Waals surface area contributed by atoms with Gasteiger partial charge in [0.1, 0.15) is 40.1 Å². The number of nitrogens with one attached hydrogen (secondary N) is 2. The summed E-state index contributed by atoms with van der Waals surface area (Å²) in [5, 5.41) is 42.3. The smallest absolute Gasteiger partial charge is 0.335 e. The summed E-state index contributed by atoms with van der Waals surface area (Å²) in [6, 6.07) is 41.2. The van der Waals surface area contributed by atoms with Crippen molar-refractivity contribution in [1.82, 2.24) is 0 Å². The van der Waals surface area contributed by atoms with E-state index in [0.29, 0.717) is 62.4 Å². The molecular formula is C83H76N10O18. The number of carbonyl (C=O) groups is 10. The van der Waals surface area contributed by atoms with E-state index >= 15 is 0 Å². The molecule has 0 aromatic heterocycles. The van der Waals surface area contributed by atoms with Crippen LogP contribution in [-0.2, 0) is 19.2 Å². The van der Waals surface area contributed by atoms with Crippen LogP contribution in [0.3, 0.4) is 0 Å². The highest BCUT2D eigenvalue weighted by Gasteiger charge is 2.40. The summed E-state index contributed by atoms with van der Waals surface area (Å²) in [6.07, 6.45) is 2.80. The molecule has 0 radical (unpaired) electrons. The van der Waals surface area contributed by atoms with E-state index in [4.69, 9.17) is 40.6 Å². The van der Waals surface area contributed by atoms with Crippen LogP contribution in [0.4, 0.5) is 51.2 Å². The van der Waals surface area contributed by atoms with Crippen LogP contribution in [0.1, 0.15) is 107 Å². The normalized spacial score (nSPS) is 13.9. The van der Waals surface area contributed by atoms with Crippen molar-refractivity contribution < 1.29 is 87.3 Å². The maximum Gasteiger partial charge on any atom is 0.335 e. The standard InChI is InChI=1S/C31H29N3O8.C28H25N3O5.C24H22N4O5/c1-5-34(6-2)20-14-25(41-3)27(26(15-20)42-4)33-24-16-23(28(35)22-10-8-7-9-21(22)24)29(36)32-19-12-17(30(37)38)11-18(13-19)31(39)40;1-4-31(2)19-13-14-23(25(15-19)36-3)30-24-16-22(26(32)21-8-6-5-7-20(21)24)27(33)29-18-11-9-17(10-12-18)28(34)35;1-13-11-16(27(4)5)8-9-17(13)26-21-14(2)20(25-3)22(29)28(23(21)30)18-12-15(24(31)32)7-10-19(18)33-6/h7-16H,5-6H2,1-4H3,(H,32,36)(H,37,38)(H,39,40);5-16H,4H2,1-3H3,(H,29,33)(H,34,35);7-12H,1-2,4-6H3,(H,31,32). The zero-order valence-electron chi connectivity index (χ0n) is 62.4. The van der Waals surface area contributed by atoms with Crippen molar-refractivity contribution in [3.8, 4) is 23.0 Å². The first-order valence-electron chi connectivity index (χ1n) is 34.2. The van der Waals surface area contributed by atoms with Crippen LogP contribution in [0.15, 0.2) is 207 Å². The molecule has 28 nitrogen and oxygen atoms in total. The van der Waals surface area contributed by atoms with Crippen LogP contribution in [0.2, 0.25) is 0 Å². The topological polar surface area (TPSA) is 367 Å². The molecule has 111 heavy (non-hydrogen) atoms. The lowest BCUT2D eigenvalue weighted by atomic mass is 9.88. The maximum absolute atomic E-state index is 13.5. The second kappa shape index (κ2) is 35.2. The molecule has 0 bridgehead atoms. The third-order valence-corrected chi connectivity index (χ3v) is 17.9. The number of Topliss-reactive ketones (excluding diaryl/α,β-unsaturated/α-hetero) is 2. The van der Waals surface area contributed by atoms with Crippen LogP contribution >= 0.6 is 0 Å². The molecule has 566 valence electrons.